The molecule has 4 heterocycles. The van der Waals surface area contributed by atoms with Crippen molar-refractivity contribution in [1.82, 2.24) is 25.0 Å². The molecule has 2 amide bonds. The van der Waals surface area contributed by atoms with Gasteiger partial charge in [0.15, 0.2) is 0 Å². The monoisotopic (exact) mass is 596 g/mol. The molecule has 234 valence electrons. The van der Waals surface area contributed by atoms with Gasteiger partial charge in [0.05, 0.1) is 25.8 Å². The molecule has 1 aromatic heterocycles. The van der Waals surface area contributed by atoms with Gasteiger partial charge in [0.2, 0.25) is 11.8 Å². The van der Waals surface area contributed by atoms with E-state index in [1.165, 1.54) is 17.0 Å². The Morgan fingerprint density at radius 2 is 1.74 bits per heavy atom. The lowest BCUT2D eigenvalue weighted by atomic mass is 10.0. The fourth-order valence-electron chi connectivity index (χ4n) is 6.34. The normalized spacial score (nSPS) is 26.5. The molecule has 43 heavy (non-hydrogen) atoms. The average molecular weight is 597 g/mol. The van der Waals surface area contributed by atoms with Gasteiger partial charge in [0.25, 0.3) is 5.91 Å². The van der Waals surface area contributed by atoms with Crippen LogP contribution in [0.5, 0.6) is 5.88 Å². The van der Waals surface area contributed by atoms with Gasteiger partial charge < -0.3 is 24.6 Å². The summed E-state index contributed by atoms with van der Waals surface area (Å²) < 4.78 is 25.3. The van der Waals surface area contributed by atoms with Crippen molar-refractivity contribution >= 4 is 17.5 Å². The lowest BCUT2D eigenvalue weighted by Crippen LogP contribution is -2.63. The number of hydrogen-bond donors (Lipinski definition) is 1. The molecule has 3 aliphatic heterocycles. The topological polar surface area (TPSA) is 90.5 Å². The Morgan fingerprint density at radius 1 is 1.05 bits per heavy atom. The van der Waals surface area contributed by atoms with Gasteiger partial charge in [-0.1, -0.05) is 12.1 Å². The fraction of sp³-hybridized carbons (Fsp3) is 0.594. The third-order valence-corrected chi connectivity index (χ3v) is 8.73. The lowest BCUT2D eigenvalue weighted by Gasteiger charge is -2.46. The number of carbonyl (C=O) groups excluding carboxylic acids is 2. The van der Waals surface area contributed by atoms with Crippen LogP contribution in [-0.2, 0) is 16.0 Å². The van der Waals surface area contributed by atoms with Crippen molar-refractivity contribution in [3.63, 3.8) is 0 Å². The highest BCUT2D eigenvalue weighted by Gasteiger charge is 2.37. The number of nitrogens with zero attached hydrogens (tertiary/aromatic N) is 5. The van der Waals surface area contributed by atoms with Gasteiger partial charge in [0, 0.05) is 57.9 Å². The zero-order chi connectivity index (χ0) is 30.8. The third kappa shape index (κ3) is 7.01. The van der Waals surface area contributed by atoms with Crippen LogP contribution in [0.15, 0.2) is 30.3 Å². The highest BCUT2D eigenvalue weighted by atomic mass is 19.1. The van der Waals surface area contributed by atoms with Crippen molar-refractivity contribution in [2.75, 3.05) is 65.0 Å². The van der Waals surface area contributed by atoms with E-state index in [0.717, 1.165) is 25.2 Å². The Labute approximate surface area is 254 Å². The maximum Gasteiger partial charge on any atom is 0.272 e. The van der Waals surface area contributed by atoms with Crippen LogP contribution in [-0.4, -0.2) is 122 Å². The van der Waals surface area contributed by atoms with Gasteiger partial charge in [0.1, 0.15) is 23.8 Å². The number of morpholine rings is 1. The van der Waals surface area contributed by atoms with Gasteiger partial charge in [-0.2, -0.15) is 0 Å². The predicted octanol–water partition coefficient (Wildman–Crippen LogP) is 2.40. The Kier molecular flexibility index (Phi) is 9.65. The summed E-state index contributed by atoms with van der Waals surface area (Å²) in [5, 5.41) is 3.60. The molecule has 5 rings (SSSR count). The highest BCUT2D eigenvalue weighted by Crippen LogP contribution is 2.35. The summed E-state index contributed by atoms with van der Waals surface area (Å²) in [5.74, 6) is -0.334. The standard InChI is InChI=1S/C32H45FN6O4/c1-20-14-37(27(13-34-20)15-38-21(2)17-42-18-22(38)3)16-29(40)39-23(4)19-43-31-28(39)12-25(30(35-31)32(41)36(5)6)11-24-7-9-26(33)10-8-24/h7-10,12,20-23,27,34H,11,13-19H2,1-6H3/t20-,21-,22-,23?,27-/m1/s1. The number of fused-ring (bicyclic) bond motifs is 1. The Bertz CT molecular complexity index is 1300. The second-order valence-corrected chi connectivity index (χ2v) is 12.6. The zero-order valence-electron chi connectivity index (χ0n) is 26.2. The number of carbonyl (C=O) groups is 2. The number of piperazine rings is 1. The number of rotatable bonds is 7. The largest absolute Gasteiger partial charge is 0.474 e. The number of nitrogens with one attached hydrogen (secondary N) is 1. The van der Waals surface area contributed by atoms with E-state index in [2.05, 4.69) is 40.9 Å². The average Bonchev–Trinajstić information content (AvgIpc) is 2.96. The molecule has 1 aromatic carbocycles. The minimum atomic E-state index is -0.325. The second kappa shape index (κ2) is 13.3. The minimum Gasteiger partial charge on any atom is -0.474 e. The van der Waals surface area contributed by atoms with Crippen LogP contribution in [0.1, 0.15) is 49.3 Å². The molecular weight excluding hydrogens is 551 g/mol. The molecular formula is C32H45FN6O4. The number of ether oxygens (including phenoxy) is 2. The van der Waals surface area contributed by atoms with Crippen molar-refractivity contribution in [2.24, 2.45) is 0 Å². The molecule has 2 fully saturated rings. The first kappa shape index (κ1) is 31.3. The van der Waals surface area contributed by atoms with E-state index < -0.39 is 0 Å². The molecule has 1 N–H and O–H groups in total. The molecule has 1 unspecified atom stereocenters. The predicted molar refractivity (Wildman–Crippen MR) is 163 cm³/mol. The molecule has 11 heteroatoms. The first-order chi connectivity index (χ1) is 20.5. The molecule has 0 bridgehead atoms. The van der Waals surface area contributed by atoms with Crippen LogP contribution in [0.3, 0.4) is 0 Å². The molecule has 0 saturated carbocycles. The Balaban J connectivity index is 1.43. The smallest absolute Gasteiger partial charge is 0.272 e. The molecule has 2 saturated heterocycles. The second-order valence-electron chi connectivity index (χ2n) is 12.6. The lowest BCUT2D eigenvalue weighted by molar-refractivity contribution is -0.122. The quantitative estimate of drug-likeness (QED) is 0.522. The molecule has 0 spiro atoms. The zero-order valence-corrected chi connectivity index (χ0v) is 26.2. The van der Waals surface area contributed by atoms with E-state index in [1.807, 2.05) is 13.0 Å². The molecule has 0 aliphatic carbocycles. The molecule has 0 radical (unpaired) electrons. The summed E-state index contributed by atoms with van der Waals surface area (Å²) in [7, 11) is 3.35. The van der Waals surface area contributed by atoms with Gasteiger partial charge in [-0.15, -0.1) is 0 Å². The van der Waals surface area contributed by atoms with E-state index in [4.69, 9.17) is 9.47 Å². The van der Waals surface area contributed by atoms with Crippen LogP contribution in [0, 0.1) is 5.82 Å². The van der Waals surface area contributed by atoms with Crippen LogP contribution < -0.4 is 15.0 Å². The summed E-state index contributed by atoms with van der Waals surface area (Å²) in [6.07, 6.45) is 0.360. The summed E-state index contributed by atoms with van der Waals surface area (Å²) in [6.45, 7) is 12.9. The fourth-order valence-corrected chi connectivity index (χ4v) is 6.34. The van der Waals surface area contributed by atoms with Crippen molar-refractivity contribution in [3.8, 4) is 5.88 Å². The van der Waals surface area contributed by atoms with Gasteiger partial charge in [-0.05, 0) is 63.4 Å². The molecule has 2 aromatic rings. The van der Waals surface area contributed by atoms with E-state index >= 15 is 0 Å². The highest BCUT2D eigenvalue weighted by molar-refractivity contribution is 5.99. The van der Waals surface area contributed by atoms with Crippen LogP contribution >= 0.6 is 0 Å². The maximum absolute atomic E-state index is 14.2. The summed E-state index contributed by atoms with van der Waals surface area (Å²) >= 11 is 0. The molecule has 3 aliphatic rings. The number of benzene rings is 1. The number of pyridine rings is 1. The molecule has 10 nitrogen and oxygen atoms in total. The van der Waals surface area contributed by atoms with Crippen molar-refractivity contribution in [1.29, 1.82) is 0 Å². The number of amides is 2. The third-order valence-electron chi connectivity index (χ3n) is 8.73. The van der Waals surface area contributed by atoms with Crippen LogP contribution in [0.2, 0.25) is 0 Å². The van der Waals surface area contributed by atoms with E-state index in [0.29, 0.717) is 43.0 Å². The van der Waals surface area contributed by atoms with E-state index in [9.17, 15) is 14.0 Å². The van der Waals surface area contributed by atoms with Crippen LogP contribution in [0.4, 0.5) is 10.1 Å². The summed E-state index contributed by atoms with van der Waals surface area (Å²) in [6, 6.07) is 8.91. The summed E-state index contributed by atoms with van der Waals surface area (Å²) in [4.78, 5) is 40.0. The van der Waals surface area contributed by atoms with E-state index in [-0.39, 0.29) is 60.5 Å². The SMILES string of the molecule is CC1COc2nc(C(=O)N(C)C)c(Cc3ccc(F)cc3)cc2N1C(=O)CN1C[C@@H](C)NC[C@@H]1CN1[C@H](C)COC[C@H]1C. The van der Waals surface area contributed by atoms with E-state index in [1.54, 1.807) is 31.1 Å². The number of halogens is 1. The summed E-state index contributed by atoms with van der Waals surface area (Å²) in [5.41, 5.74) is 2.32. The van der Waals surface area contributed by atoms with Crippen molar-refractivity contribution in [3.05, 3.63) is 53.0 Å². The first-order valence-corrected chi connectivity index (χ1v) is 15.3. The minimum absolute atomic E-state index is 0.0274. The Morgan fingerprint density at radius 3 is 2.42 bits per heavy atom. The maximum atomic E-state index is 14.2. The van der Waals surface area contributed by atoms with Gasteiger partial charge in [-0.3, -0.25) is 19.4 Å². The first-order valence-electron chi connectivity index (χ1n) is 15.3. The number of aromatic nitrogens is 1. The van der Waals surface area contributed by atoms with Crippen molar-refractivity contribution in [2.45, 2.75) is 64.3 Å². The van der Waals surface area contributed by atoms with Gasteiger partial charge in [-0.25, -0.2) is 9.37 Å². The van der Waals surface area contributed by atoms with Crippen LogP contribution in [0.25, 0.3) is 0 Å². The number of hydrogen-bond acceptors (Lipinski definition) is 8. The molecule has 5 atom stereocenters. The van der Waals surface area contributed by atoms with Crippen molar-refractivity contribution < 1.29 is 23.5 Å². The Hall–Kier alpha value is -3.12. The number of anilines is 1. The van der Waals surface area contributed by atoms with Gasteiger partial charge >= 0.3 is 0 Å².